The summed E-state index contributed by atoms with van der Waals surface area (Å²) in [5.74, 6) is 0.162. The van der Waals surface area contributed by atoms with Crippen LogP contribution in [0.25, 0.3) is 0 Å². The van der Waals surface area contributed by atoms with E-state index in [4.69, 9.17) is 0 Å². The average Bonchev–Trinajstić information content (AvgIpc) is 2.78. The van der Waals surface area contributed by atoms with E-state index >= 15 is 0 Å². The van der Waals surface area contributed by atoms with Crippen molar-refractivity contribution in [1.29, 1.82) is 0 Å². The number of aryl methyl sites for hydroxylation is 2. The molecule has 0 aliphatic heterocycles. The van der Waals surface area contributed by atoms with Gasteiger partial charge in [0, 0.05) is 35.9 Å². The van der Waals surface area contributed by atoms with Crippen LogP contribution in [0.2, 0.25) is 0 Å². The molecule has 0 radical (unpaired) electrons. The summed E-state index contributed by atoms with van der Waals surface area (Å²) in [5.41, 5.74) is 2.36. The molecule has 0 saturated carbocycles. The van der Waals surface area contributed by atoms with Crippen LogP contribution < -0.4 is 0 Å². The van der Waals surface area contributed by atoms with E-state index in [-0.39, 0.29) is 12.5 Å². The van der Waals surface area contributed by atoms with E-state index in [0.717, 1.165) is 17.3 Å². The number of hydrogen-bond acceptors (Lipinski definition) is 2. The Morgan fingerprint density at radius 2 is 2.11 bits per heavy atom. The van der Waals surface area contributed by atoms with Crippen molar-refractivity contribution in [1.82, 2.24) is 9.78 Å². The molecule has 0 amide bonds. The molecule has 1 heterocycles. The lowest BCUT2D eigenvalue weighted by molar-refractivity contribution is 0.258. The van der Waals surface area contributed by atoms with Crippen molar-refractivity contribution in [2.45, 2.75) is 18.8 Å². The van der Waals surface area contributed by atoms with Crippen LogP contribution >= 0.6 is 15.9 Å². The van der Waals surface area contributed by atoms with Crippen LogP contribution in [0, 0.1) is 0 Å². The molecule has 1 aromatic heterocycles. The summed E-state index contributed by atoms with van der Waals surface area (Å²) in [4.78, 5) is 0. The molecule has 0 saturated heterocycles. The van der Waals surface area contributed by atoms with E-state index in [1.807, 2.05) is 42.2 Å². The second-order valence-corrected chi connectivity index (χ2v) is 5.24. The van der Waals surface area contributed by atoms with Crippen molar-refractivity contribution in [3.05, 3.63) is 52.3 Å². The first-order valence-corrected chi connectivity index (χ1v) is 6.84. The number of aromatic nitrogens is 2. The topological polar surface area (TPSA) is 38.0 Å². The van der Waals surface area contributed by atoms with Gasteiger partial charge < -0.3 is 5.11 Å². The largest absolute Gasteiger partial charge is 0.396 e. The molecule has 4 heteroatoms. The third kappa shape index (κ3) is 3.00. The highest BCUT2D eigenvalue weighted by Crippen LogP contribution is 2.28. The molecule has 96 valence electrons. The van der Waals surface area contributed by atoms with Crippen molar-refractivity contribution < 1.29 is 5.11 Å². The highest BCUT2D eigenvalue weighted by atomic mass is 79.9. The third-order valence-electron chi connectivity index (χ3n) is 3.24. The van der Waals surface area contributed by atoms with Crippen LogP contribution in [-0.4, -0.2) is 21.5 Å². The van der Waals surface area contributed by atoms with Gasteiger partial charge in [-0.3, -0.25) is 4.68 Å². The lowest BCUT2D eigenvalue weighted by atomic mass is 9.94. The molecule has 0 fully saturated rings. The van der Waals surface area contributed by atoms with Crippen molar-refractivity contribution in [3.8, 4) is 0 Å². The highest BCUT2D eigenvalue weighted by Gasteiger charge is 2.14. The molecule has 0 aliphatic carbocycles. The maximum atomic E-state index is 9.56. The predicted molar refractivity (Wildman–Crippen MR) is 75.5 cm³/mol. The first kappa shape index (κ1) is 13.3. The van der Waals surface area contributed by atoms with Crippen LogP contribution in [0.5, 0.6) is 0 Å². The molecule has 1 atom stereocenters. The van der Waals surface area contributed by atoms with E-state index in [2.05, 4.69) is 27.1 Å². The normalized spacial score (nSPS) is 12.6. The second kappa shape index (κ2) is 6.16. The van der Waals surface area contributed by atoms with Crippen LogP contribution in [0.15, 0.2) is 41.0 Å². The van der Waals surface area contributed by atoms with Gasteiger partial charge in [0.1, 0.15) is 0 Å². The zero-order chi connectivity index (χ0) is 13.0. The Morgan fingerprint density at radius 3 is 2.72 bits per heavy atom. The Hall–Kier alpha value is -1.13. The molecule has 1 unspecified atom stereocenters. The fraction of sp³-hybridized carbons (Fsp3) is 0.357. The Bertz CT molecular complexity index is 510. The van der Waals surface area contributed by atoms with Gasteiger partial charge in [0.05, 0.1) is 0 Å². The molecule has 0 spiro atoms. The smallest absolute Gasteiger partial charge is 0.0500 e. The molecule has 2 rings (SSSR count). The minimum Gasteiger partial charge on any atom is -0.396 e. The predicted octanol–water partition coefficient (Wildman–Crippen LogP) is 2.89. The Kier molecular flexibility index (Phi) is 4.55. The summed E-state index contributed by atoms with van der Waals surface area (Å²) >= 11 is 3.54. The lowest BCUT2D eigenvalue weighted by Crippen LogP contribution is -2.08. The van der Waals surface area contributed by atoms with Gasteiger partial charge in [0.2, 0.25) is 0 Å². The van der Waals surface area contributed by atoms with Crippen LogP contribution in [0.1, 0.15) is 23.6 Å². The van der Waals surface area contributed by atoms with Gasteiger partial charge in [-0.05, 0) is 30.5 Å². The minimum atomic E-state index is 0.162. The number of hydrogen-bond donors (Lipinski definition) is 1. The van der Waals surface area contributed by atoms with Gasteiger partial charge in [0.25, 0.3) is 0 Å². The standard InChI is InChI=1S/C14H17BrN2O/c1-17-12(8-9-16-17)7-6-11(10-18)13-4-2-3-5-14(13)15/h2-5,8-9,11,18H,6-7,10H2,1H3. The molecule has 18 heavy (non-hydrogen) atoms. The molecule has 2 aromatic rings. The highest BCUT2D eigenvalue weighted by molar-refractivity contribution is 9.10. The average molecular weight is 309 g/mol. The Morgan fingerprint density at radius 1 is 1.33 bits per heavy atom. The maximum absolute atomic E-state index is 9.56. The molecule has 0 bridgehead atoms. The number of halogens is 1. The molecule has 0 aliphatic rings. The van der Waals surface area contributed by atoms with Gasteiger partial charge in [-0.15, -0.1) is 0 Å². The van der Waals surface area contributed by atoms with Gasteiger partial charge in [0.15, 0.2) is 0 Å². The number of aliphatic hydroxyl groups excluding tert-OH is 1. The van der Waals surface area contributed by atoms with E-state index in [1.54, 1.807) is 0 Å². The number of aliphatic hydroxyl groups is 1. The summed E-state index contributed by atoms with van der Waals surface area (Å²) in [7, 11) is 1.95. The summed E-state index contributed by atoms with van der Waals surface area (Å²) in [6.45, 7) is 0.167. The molecule has 1 N–H and O–H groups in total. The van der Waals surface area contributed by atoms with Crippen molar-refractivity contribution >= 4 is 15.9 Å². The maximum Gasteiger partial charge on any atom is 0.0500 e. The summed E-state index contributed by atoms with van der Waals surface area (Å²) in [6.07, 6.45) is 3.64. The zero-order valence-corrected chi connectivity index (χ0v) is 12.0. The monoisotopic (exact) mass is 308 g/mol. The van der Waals surface area contributed by atoms with E-state index < -0.39 is 0 Å². The summed E-state index contributed by atoms with van der Waals surface area (Å²) in [5, 5.41) is 13.7. The summed E-state index contributed by atoms with van der Waals surface area (Å²) < 4.78 is 2.95. The lowest BCUT2D eigenvalue weighted by Gasteiger charge is -2.16. The van der Waals surface area contributed by atoms with Crippen LogP contribution in [0.4, 0.5) is 0 Å². The van der Waals surface area contributed by atoms with Gasteiger partial charge in [-0.2, -0.15) is 5.10 Å². The molecule has 3 nitrogen and oxygen atoms in total. The van der Waals surface area contributed by atoms with Crippen molar-refractivity contribution in [2.24, 2.45) is 7.05 Å². The quantitative estimate of drug-likeness (QED) is 0.922. The van der Waals surface area contributed by atoms with E-state index in [1.165, 1.54) is 11.3 Å². The first-order chi connectivity index (χ1) is 8.72. The Labute approximate surface area is 116 Å². The summed E-state index contributed by atoms with van der Waals surface area (Å²) in [6, 6.07) is 10.1. The van der Waals surface area contributed by atoms with E-state index in [9.17, 15) is 5.11 Å². The van der Waals surface area contributed by atoms with E-state index in [0.29, 0.717) is 0 Å². The number of benzene rings is 1. The number of rotatable bonds is 5. The second-order valence-electron chi connectivity index (χ2n) is 4.39. The zero-order valence-electron chi connectivity index (χ0n) is 10.4. The fourth-order valence-electron chi connectivity index (χ4n) is 2.12. The van der Waals surface area contributed by atoms with Crippen LogP contribution in [0.3, 0.4) is 0 Å². The third-order valence-corrected chi connectivity index (χ3v) is 3.96. The fourth-order valence-corrected chi connectivity index (χ4v) is 2.73. The van der Waals surface area contributed by atoms with Gasteiger partial charge >= 0.3 is 0 Å². The molecular formula is C14H17BrN2O. The van der Waals surface area contributed by atoms with Crippen molar-refractivity contribution in [2.75, 3.05) is 6.61 Å². The minimum absolute atomic E-state index is 0.162. The molecule has 1 aromatic carbocycles. The Balaban J connectivity index is 2.07. The number of nitrogens with zero attached hydrogens (tertiary/aromatic N) is 2. The molecular weight excluding hydrogens is 292 g/mol. The van der Waals surface area contributed by atoms with Gasteiger partial charge in [-0.1, -0.05) is 34.1 Å². The SMILES string of the molecule is Cn1nccc1CCC(CO)c1ccccc1Br. The first-order valence-electron chi connectivity index (χ1n) is 6.04. The van der Waals surface area contributed by atoms with Crippen molar-refractivity contribution in [3.63, 3.8) is 0 Å². The van der Waals surface area contributed by atoms with Gasteiger partial charge in [-0.25, -0.2) is 0 Å². The van der Waals surface area contributed by atoms with Crippen LogP contribution in [-0.2, 0) is 13.5 Å².